The largest absolute Gasteiger partial charge is 0.497 e. The maximum absolute atomic E-state index is 13.0. The summed E-state index contributed by atoms with van der Waals surface area (Å²) in [5.74, 6) is 0.505. The third kappa shape index (κ3) is 7.96. The Labute approximate surface area is 212 Å². The van der Waals surface area contributed by atoms with Crippen LogP contribution in [0.5, 0.6) is 5.75 Å². The van der Waals surface area contributed by atoms with Crippen molar-refractivity contribution in [3.05, 3.63) is 48.2 Å². The van der Waals surface area contributed by atoms with Gasteiger partial charge < -0.3 is 29.7 Å². The lowest BCUT2D eigenvalue weighted by atomic mass is 10.0. The number of aryl methyl sites for hydroxylation is 2. The molecule has 9 nitrogen and oxygen atoms in total. The highest BCUT2D eigenvalue weighted by Crippen LogP contribution is 2.26. The number of hydrogen-bond donors (Lipinski definition) is 3. The molecule has 3 aromatic rings. The summed E-state index contributed by atoms with van der Waals surface area (Å²) >= 11 is 0. The number of carbonyl (C=O) groups is 3. The minimum absolute atomic E-state index is 0.160. The molecule has 0 aliphatic rings. The fourth-order valence-electron chi connectivity index (χ4n) is 4.31. The summed E-state index contributed by atoms with van der Waals surface area (Å²) in [6, 6.07) is 5.11. The van der Waals surface area contributed by atoms with Crippen molar-refractivity contribution >= 4 is 28.5 Å². The van der Waals surface area contributed by atoms with Crippen molar-refractivity contribution in [3.8, 4) is 5.75 Å². The van der Waals surface area contributed by atoms with Gasteiger partial charge in [-0.15, -0.1) is 0 Å². The molecule has 0 fully saturated rings. The lowest BCUT2D eigenvalue weighted by molar-refractivity contribution is -0.128. The predicted molar refractivity (Wildman–Crippen MR) is 139 cm³/mol. The maximum atomic E-state index is 13.0. The Kier molecular flexibility index (Phi) is 10.1. The number of H-pyrrole nitrogens is 1. The number of nitrogens with one attached hydrogen (secondary N) is 3. The summed E-state index contributed by atoms with van der Waals surface area (Å²) in [6.45, 7) is 4.79. The first-order chi connectivity index (χ1) is 17.4. The average Bonchev–Trinajstić information content (AvgIpc) is 3.48. The van der Waals surface area contributed by atoms with Crippen molar-refractivity contribution in [3.63, 3.8) is 0 Å². The van der Waals surface area contributed by atoms with Gasteiger partial charge in [0.05, 0.1) is 19.9 Å². The molecule has 36 heavy (non-hydrogen) atoms. The second-order valence-electron chi connectivity index (χ2n) is 9.18. The Bertz CT molecular complexity index is 1150. The molecular formula is C27H37N5O4. The quantitative estimate of drug-likeness (QED) is 0.279. The average molecular weight is 496 g/mol. The number of aromatic nitrogens is 3. The third-order valence-corrected chi connectivity index (χ3v) is 6.29. The maximum Gasteiger partial charge on any atom is 0.242 e. The summed E-state index contributed by atoms with van der Waals surface area (Å²) in [5, 5.41) is 6.85. The number of aromatic amines is 1. The van der Waals surface area contributed by atoms with Gasteiger partial charge in [0, 0.05) is 48.5 Å². The van der Waals surface area contributed by atoms with E-state index in [1.165, 1.54) is 0 Å². The van der Waals surface area contributed by atoms with Crippen molar-refractivity contribution in [2.45, 2.75) is 71.4 Å². The summed E-state index contributed by atoms with van der Waals surface area (Å²) < 4.78 is 7.30. The lowest BCUT2D eigenvalue weighted by Gasteiger charge is -2.19. The van der Waals surface area contributed by atoms with Gasteiger partial charge in [0.2, 0.25) is 11.8 Å². The first-order valence-electron chi connectivity index (χ1n) is 12.5. The van der Waals surface area contributed by atoms with Gasteiger partial charge in [-0.1, -0.05) is 12.8 Å². The highest BCUT2D eigenvalue weighted by Gasteiger charge is 2.22. The number of hydrogen-bond acceptors (Lipinski definition) is 5. The molecule has 0 aliphatic carbocycles. The standard InChI is InChI=1S/C27H37N5O4/c1-19(33)8-5-4-6-9-25(27(35)29-12-7-14-32-15-13-28-18-32)31-26(34)17-22-20(2)30-24-11-10-21(36-3)16-23(22)24/h10-11,13,15-16,18,25,30H,4-9,12,14,17H2,1-3H3,(H,29,35)(H,31,34). The molecule has 1 unspecified atom stereocenters. The first-order valence-corrected chi connectivity index (χ1v) is 12.5. The molecule has 0 aliphatic heterocycles. The van der Waals surface area contributed by atoms with Gasteiger partial charge in [0.15, 0.2) is 0 Å². The van der Waals surface area contributed by atoms with E-state index in [1.807, 2.05) is 35.9 Å². The van der Waals surface area contributed by atoms with Gasteiger partial charge in [0.1, 0.15) is 17.6 Å². The number of Topliss-reactive ketones (excluding diaryl/α,β-unsaturated/α-hetero) is 1. The topological polar surface area (TPSA) is 118 Å². The monoisotopic (exact) mass is 495 g/mol. The Hall–Kier alpha value is -3.62. The van der Waals surface area contributed by atoms with Gasteiger partial charge in [-0.2, -0.15) is 0 Å². The molecule has 9 heteroatoms. The number of amides is 2. The highest BCUT2D eigenvalue weighted by molar-refractivity contribution is 5.93. The number of fused-ring (bicyclic) bond motifs is 1. The van der Waals surface area contributed by atoms with Crippen molar-refractivity contribution in [1.82, 2.24) is 25.2 Å². The number of benzene rings is 1. The second kappa shape index (κ2) is 13.5. The van der Waals surface area contributed by atoms with E-state index in [1.54, 1.807) is 26.6 Å². The molecule has 3 rings (SSSR count). The van der Waals surface area contributed by atoms with Crippen LogP contribution in [0.3, 0.4) is 0 Å². The predicted octanol–water partition coefficient (Wildman–Crippen LogP) is 3.45. The van der Waals surface area contributed by atoms with Gasteiger partial charge in [0.25, 0.3) is 0 Å². The molecule has 0 bridgehead atoms. The van der Waals surface area contributed by atoms with E-state index in [-0.39, 0.29) is 24.0 Å². The molecule has 3 N–H and O–H groups in total. The van der Waals surface area contributed by atoms with Crippen LogP contribution < -0.4 is 15.4 Å². The summed E-state index contributed by atoms with van der Waals surface area (Å²) in [6.07, 6.45) is 9.72. The van der Waals surface area contributed by atoms with Crippen molar-refractivity contribution in [2.24, 2.45) is 0 Å². The Balaban J connectivity index is 1.60. The van der Waals surface area contributed by atoms with Crippen LogP contribution in [0.4, 0.5) is 0 Å². The van der Waals surface area contributed by atoms with Gasteiger partial charge in [-0.3, -0.25) is 9.59 Å². The fourth-order valence-corrected chi connectivity index (χ4v) is 4.31. The van der Waals surface area contributed by atoms with E-state index < -0.39 is 6.04 Å². The van der Waals surface area contributed by atoms with Gasteiger partial charge >= 0.3 is 0 Å². The number of nitrogens with zero attached hydrogens (tertiary/aromatic N) is 2. The molecular weight excluding hydrogens is 458 g/mol. The number of unbranched alkanes of at least 4 members (excludes halogenated alkanes) is 2. The molecule has 2 heterocycles. The Morgan fingerprint density at radius 1 is 1.17 bits per heavy atom. The van der Waals surface area contributed by atoms with Gasteiger partial charge in [-0.25, -0.2) is 4.98 Å². The Morgan fingerprint density at radius 3 is 2.72 bits per heavy atom. The summed E-state index contributed by atoms with van der Waals surface area (Å²) in [5.41, 5.74) is 2.74. The molecule has 1 aromatic carbocycles. The zero-order valence-electron chi connectivity index (χ0n) is 21.4. The second-order valence-corrected chi connectivity index (χ2v) is 9.18. The van der Waals surface area contributed by atoms with E-state index in [4.69, 9.17) is 4.74 Å². The Morgan fingerprint density at radius 2 is 2.00 bits per heavy atom. The van der Waals surface area contributed by atoms with Crippen LogP contribution in [0.2, 0.25) is 0 Å². The molecule has 0 saturated heterocycles. The minimum atomic E-state index is -0.622. The van der Waals surface area contributed by atoms with Crippen LogP contribution >= 0.6 is 0 Å². The fraction of sp³-hybridized carbons (Fsp3) is 0.481. The van der Waals surface area contributed by atoms with Crippen LogP contribution in [-0.2, 0) is 27.3 Å². The van der Waals surface area contributed by atoms with Crippen LogP contribution in [0.1, 0.15) is 56.7 Å². The number of ketones is 1. The molecule has 0 saturated carbocycles. The molecule has 0 spiro atoms. The van der Waals surface area contributed by atoms with Crippen molar-refractivity contribution in [2.75, 3.05) is 13.7 Å². The lowest BCUT2D eigenvalue weighted by Crippen LogP contribution is -2.47. The van der Waals surface area contributed by atoms with Crippen LogP contribution in [0.25, 0.3) is 10.9 Å². The van der Waals surface area contributed by atoms with E-state index in [2.05, 4.69) is 20.6 Å². The van der Waals surface area contributed by atoms with Crippen LogP contribution in [0.15, 0.2) is 36.9 Å². The molecule has 2 aromatic heterocycles. The number of carbonyl (C=O) groups excluding carboxylic acids is 3. The third-order valence-electron chi connectivity index (χ3n) is 6.29. The van der Waals surface area contributed by atoms with Crippen molar-refractivity contribution in [1.29, 1.82) is 0 Å². The number of imidazole rings is 1. The number of rotatable bonds is 15. The smallest absolute Gasteiger partial charge is 0.242 e. The van der Waals surface area contributed by atoms with Crippen LogP contribution in [0, 0.1) is 6.92 Å². The normalized spacial score (nSPS) is 11.9. The molecule has 1 atom stereocenters. The number of methoxy groups -OCH3 is 1. The van der Waals surface area contributed by atoms with Gasteiger partial charge in [-0.05, 0) is 56.9 Å². The van der Waals surface area contributed by atoms with E-state index >= 15 is 0 Å². The number of ether oxygens (including phenoxy) is 1. The van der Waals surface area contributed by atoms with Crippen molar-refractivity contribution < 1.29 is 19.1 Å². The van der Waals surface area contributed by atoms with E-state index in [0.717, 1.165) is 60.1 Å². The summed E-state index contributed by atoms with van der Waals surface area (Å²) in [4.78, 5) is 44.5. The summed E-state index contributed by atoms with van der Waals surface area (Å²) in [7, 11) is 1.61. The molecule has 2 amide bonds. The first kappa shape index (κ1) is 27.0. The molecule has 0 radical (unpaired) electrons. The highest BCUT2D eigenvalue weighted by atomic mass is 16.5. The van der Waals surface area contributed by atoms with E-state index in [0.29, 0.717) is 19.4 Å². The van der Waals surface area contributed by atoms with Crippen LogP contribution in [-0.4, -0.2) is 51.8 Å². The zero-order valence-corrected chi connectivity index (χ0v) is 21.4. The SMILES string of the molecule is COc1ccc2[nH]c(C)c(CC(=O)NC(CCCCCC(C)=O)C(=O)NCCCn3ccnc3)c2c1. The zero-order chi connectivity index (χ0) is 25.9. The molecule has 194 valence electrons. The minimum Gasteiger partial charge on any atom is -0.497 e. The van der Waals surface area contributed by atoms with E-state index in [9.17, 15) is 14.4 Å².